The van der Waals surface area contributed by atoms with E-state index in [1.807, 2.05) is 24.3 Å². The van der Waals surface area contributed by atoms with E-state index in [1.165, 1.54) is 50.1 Å². The highest BCUT2D eigenvalue weighted by atomic mass is 19.4. The predicted molar refractivity (Wildman–Crippen MR) is 142 cm³/mol. The van der Waals surface area contributed by atoms with E-state index in [-0.39, 0.29) is 12.2 Å². The van der Waals surface area contributed by atoms with Gasteiger partial charge in [0, 0.05) is 12.0 Å². The summed E-state index contributed by atoms with van der Waals surface area (Å²) in [6.07, 6.45) is 3.27. The summed E-state index contributed by atoms with van der Waals surface area (Å²) >= 11 is 0. The van der Waals surface area contributed by atoms with Gasteiger partial charge in [-0.15, -0.1) is 0 Å². The first-order chi connectivity index (χ1) is 18.3. The topological polar surface area (TPSA) is 61.3 Å². The zero-order chi connectivity index (χ0) is 27.4. The summed E-state index contributed by atoms with van der Waals surface area (Å²) in [5.74, 6) is -0.442. The van der Waals surface area contributed by atoms with Gasteiger partial charge in [-0.05, 0) is 36.0 Å². The van der Waals surface area contributed by atoms with Gasteiger partial charge in [0.05, 0.1) is 12.4 Å². The van der Waals surface area contributed by atoms with Gasteiger partial charge in [0.2, 0.25) is 6.10 Å². The number of carbonyl (C=O) groups is 1. The average molecular weight is 529 g/mol. The van der Waals surface area contributed by atoms with Crippen LogP contribution in [0.5, 0.6) is 5.75 Å². The number of ether oxygens (including phenoxy) is 2. The molecule has 0 amide bonds. The fourth-order valence-electron chi connectivity index (χ4n) is 3.94. The second kappa shape index (κ2) is 14.5. The number of nitrogens with zero attached hydrogens (tertiary/aromatic N) is 2. The average Bonchev–Trinajstić information content (AvgIpc) is 2.91. The molecule has 0 spiro atoms. The van der Waals surface area contributed by atoms with Crippen molar-refractivity contribution in [2.75, 3.05) is 6.61 Å². The zero-order valence-electron chi connectivity index (χ0n) is 22.0. The van der Waals surface area contributed by atoms with Crippen LogP contribution in [-0.4, -0.2) is 34.8 Å². The van der Waals surface area contributed by atoms with Crippen LogP contribution in [0.3, 0.4) is 0 Å². The third kappa shape index (κ3) is 9.15. The molecule has 1 unspecified atom stereocenters. The Hall–Kier alpha value is -3.42. The molecule has 0 bridgehead atoms. The van der Waals surface area contributed by atoms with Crippen LogP contribution in [0.4, 0.5) is 13.2 Å². The number of rotatable bonds is 14. The minimum Gasteiger partial charge on any atom is -0.486 e. The van der Waals surface area contributed by atoms with Crippen molar-refractivity contribution < 1.29 is 27.4 Å². The minimum atomic E-state index is -4.74. The molecule has 0 fully saturated rings. The van der Waals surface area contributed by atoms with E-state index >= 15 is 0 Å². The second-order valence-electron chi connectivity index (χ2n) is 9.26. The molecule has 0 saturated carbocycles. The maximum atomic E-state index is 13.2. The summed E-state index contributed by atoms with van der Waals surface area (Å²) in [6, 6.07) is 16.4. The summed E-state index contributed by atoms with van der Waals surface area (Å²) in [5, 5.41) is 0. The van der Waals surface area contributed by atoms with Crippen molar-refractivity contribution in [2.24, 2.45) is 0 Å². The molecule has 1 heterocycles. The molecule has 0 radical (unpaired) electrons. The van der Waals surface area contributed by atoms with Crippen molar-refractivity contribution >= 4 is 5.97 Å². The Bertz CT molecular complexity index is 1120. The second-order valence-corrected chi connectivity index (χ2v) is 9.26. The van der Waals surface area contributed by atoms with Crippen LogP contribution in [0.25, 0.3) is 22.5 Å². The van der Waals surface area contributed by atoms with Gasteiger partial charge in [0.25, 0.3) is 0 Å². The van der Waals surface area contributed by atoms with E-state index in [1.54, 1.807) is 6.92 Å². The Morgan fingerprint density at radius 1 is 0.816 bits per heavy atom. The van der Waals surface area contributed by atoms with Gasteiger partial charge < -0.3 is 9.47 Å². The van der Waals surface area contributed by atoms with E-state index in [9.17, 15) is 18.0 Å². The van der Waals surface area contributed by atoms with Gasteiger partial charge in [-0.2, -0.15) is 13.2 Å². The molecule has 8 heteroatoms. The molecule has 0 saturated heterocycles. The molecular weight excluding hydrogens is 493 g/mol. The number of aryl methyl sites for hydroxylation is 1. The Balaban J connectivity index is 1.55. The van der Waals surface area contributed by atoms with Crippen molar-refractivity contribution in [3.05, 3.63) is 66.5 Å². The maximum absolute atomic E-state index is 13.2. The molecule has 5 nitrogen and oxygen atoms in total. The lowest BCUT2D eigenvalue weighted by Gasteiger charge is -2.20. The van der Waals surface area contributed by atoms with E-state index in [2.05, 4.69) is 45.9 Å². The number of esters is 1. The van der Waals surface area contributed by atoms with Gasteiger partial charge in [0.15, 0.2) is 11.6 Å². The first-order valence-electron chi connectivity index (χ1n) is 13.2. The van der Waals surface area contributed by atoms with Crippen molar-refractivity contribution in [2.45, 2.75) is 77.5 Å². The predicted octanol–water partition coefficient (Wildman–Crippen LogP) is 7.98. The fourth-order valence-corrected chi connectivity index (χ4v) is 3.94. The fraction of sp³-hybridized carbons (Fsp3) is 0.433. The molecule has 1 aromatic heterocycles. The molecule has 3 aromatic rings. The number of hydrogen-bond donors (Lipinski definition) is 0. The van der Waals surface area contributed by atoms with Gasteiger partial charge in [-0.3, -0.25) is 4.79 Å². The molecule has 0 aliphatic rings. The Morgan fingerprint density at radius 2 is 1.39 bits per heavy atom. The number of unbranched alkanes of at least 4 members (excludes halogenated alkanes) is 4. The molecule has 3 rings (SSSR count). The normalized spacial score (nSPS) is 12.2. The first-order valence-corrected chi connectivity index (χ1v) is 13.2. The molecular formula is C30H35F3N2O3. The van der Waals surface area contributed by atoms with Crippen molar-refractivity contribution in [1.29, 1.82) is 0 Å². The summed E-state index contributed by atoms with van der Waals surface area (Å²) in [4.78, 5) is 19.9. The highest BCUT2D eigenvalue weighted by Gasteiger charge is 2.43. The third-order valence-corrected chi connectivity index (χ3v) is 6.12. The van der Waals surface area contributed by atoms with Gasteiger partial charge in [-0.25, -0.2) is 9.97 Å². The Labute approximate surface area is 222 Å². The highest BCUT2D eigenvalue weighted by Crippen LogP contribution is 2.26. The van der Waals surface area contributed by atoms with Crippen LogP contribution in [0.15, 0.2) is 60.9 Å². The zero-order valence-corrected chi connectivity index (χ0v) is 22.0. The molecule has 0 N–H and O–H groups in total. The van der Waals surface area contributed by atoms with Gasteiger partial charge in [0.1, 0.15) is 6.61 Å². The lowest BCUT2D eigenvalue weighted by Crippen LogP contribution is -2.38. The highest BCUT2D eigenvalue weighted by molar-refractivity contribution is 5.69. The first kappa shape index (κ1) is 29.1. The Morgan fingerprint density at radius 3 is 1.97 bits per heavy atom. The van der Waals surface area contributed by atoms with Crippen LogP contribution >= 0.6 is 0 Å². The maximum Gasteiger partial charge on any atom is 0.428 e. The molecule has 0 aliphatic carbocycles. The van der Waals surface area contributed by atoms with Crippen LogP contribution < -0.4 is 4.74 Å². The number of aromatic nitrogens is 2. The number of halogens is 3. The molecule has 2 aromatic carbocycles. The molecule has 38 heavy (non-hydrogen) atoms. The van der Waals surface area contributed by atoms with E-state index < -0.39 is 24.9 Å². The number of benzene rings is 2. The lowest BCUT2D eigenvalue weighted by atomic mass is 10.00. The quantitative estimate of drug-likeness (QED) is 0.157. The lowest BCUT2D eigenvalue weighted by molar-refractivity contribution is -0.227. The van der Waals surface area contributed by atoms with E-state index in [4.69, 9.17) is 4.74 Å². The van der Waals surface area contributed by atoms with Crippen LogP contribution in [0, 0.1) is 0 Å². The SMILES string of the molecule is CCCCCCCc1ccc(-c2ccc(-c3ncc(OCC(OC(=O)CCC)C(F)(F)F)cn3)cc2)cc1. The largest absolute Gasteiger partial charge is 0.486 e. The number of carbonyl (C=O) groups excluding carboxylic acids is 1. The molecule has 204 valence electrons. The van der Waals surface area contributed by atoms with Crippen LogP contribution in [0.2, 0.25) is 0 Å². The standard InChI is InChI=1S/C30H35F3N2O3/c1-3-5-6-7-8-10-22-11-13-23(14-12-22)24-15-17-25(18-16-24)29-34-19-26(20-35-29)37-21-27(30(31,32)33)38-28(36)9-4-2/h11-20,27H,3-10,21H2,1-2H3. The monoisotopic (exact) mass is 528 g/mol. The molecule has 0 aliphatic heterocycles. The smallest absolute Gasteiger partial charge is 0.428 e. The van der Waals surface area contributed by atoms with Crippen LogP contribution in [-0.2, 0) is 16.0 Å². The van der Waals surface area contributed by atoms with E-state index in [0.29, 0.717) is 12.2 Å². The summed E-state index contributed by atoms with van der Waals surface area (Å²) in [7, 11) is 0. The van der Waals surface area contributed by atoms with Gasteiger partial charge in [-0.1, -0.05) is 88.1 Å². The summed E-state index contributed by atoms with van der Waals surface area (Å²) in [5.41, 5.74) is 4.30. The van der Waals surface area contributed by atoms with Gasteiger partial charge >= 0.3 is 12.1 Å². The number of alkyl halides is 3. The summed E-state index contributed by atoms with van der Waals surface area (Å²) in [6.45, 7) is 3.04. The van der Waals surface area contributed by atoms with Crippen LogP contribution in [0.1, 0.15) is 64.4 Å². The van der Waals surface area contributed by atoms with Crippen molar-refractivity contribution in [3.63, 3.8) is 0 Å². The molecule has 1 atom stereocenters. The van der Waals surface area contributed by atoms with Crippen molar-refractivity contribution in [1.82, 2.24) is 9.97 Å². The van der Waals surface area contributed by atoms with E-state index in [0.717, 1.165) is 23.1 Å². The third-order valence-electron chi connectivity index (χ3n) is 6.12. The number of hydrogen-bond acceptors (Lipinski definition) is 5. The minimum absolute atomic E-state index is 0.0524. The van der Waals surface area contributed by atoms with Crippen molar-refractivity contribution in [3.8, 4) is 28.3 Å². The summed E-state index contributed by atoms with van der Waals surface area (Å²) < 4.78 is 49.2. The Kier molecular flexibility index (Phi) is 11.1.